The zero-order valence-electron chi connectivity index (χ0n) is 9.76. The molecule has 1 aliphatic rings. The Morgan fingerprint density at radius 3 is 2.94 bits per heavy atom. The Kier molecular flexibility index (Phi) is 5.67. The van der Waals surface area contributed by atoms with E-state index in [0.29, 0.717) is 29.8 Å². The van der Waals surface area contributed by atoms with Crippen molar-refractivity contribution in [2.75, 3.05) is 25.1 Å². The quantitative estimate of drug-likeness (QED) is 0.801. The highest BCUT2D eigenvalue weighted by atomic mass is 35.5. The summed E-state index contributed by atoms with van der Waals surface area (Å²) in [6.07, 6.45) is 1.47. The van der Waals surface area contributed by atoms with Gasteiger partial charge in [-0.05, 0) is 0 Å². The van der Waals surface area contributed by atoms with E-state index in [9.17, 15) is 9.59 Å². The van der Waals surface area contributed by atoms with E-state index in [1.165, 1.54) is 24.5 Å². The summed E-state index contributed by atoms with van der Waals surface area (Å²) in [4.78, 5) is 27.4. The zero-order chi connectivity index (χ0) is 12.3. The zero-order valence-corrected chi connectivity index (χ0v) is 11.4. The van der Waals surface area contributed by atoms with Crippen LogP contribution in [-0.2, 0) is 9.53 Å². The van der Waals surface area contributed by atoms with Crippen molar-refractivity contribution in [2.45, 2.75) is 13.0 Å². The molecule has 2 heterocycles. The van der Waals surface area contributed by atoms with Crippen molar-refractivity contribution in [2.24, 2.45) is 0 Å². The van der Waals surface area contributed by atoms with Crippen molar-refractivity contribution in [3.63, 3.8) is 0 Å². The third-order valence-electron chi connectivity index (χ3n) is 2.32. The molecule has 6 nitrogen and oxygen atoms in total. The summed E-state index contributed by atoms with van der Waals surface area (Å²) in [5.41, 5.74) is 0. The Morgan fingerprint density at radius 2 is 2.39 bits per heavy atom. The molecule has 0 aromatic carbocycles. The van der Waals surface area contributed by atoms with Crippen molar-refractivity contribution in [1.82, 2.24) is 10.3 Å². The van der Waals surface area contributed by atoms with Gasteiger partial charge in [-0.2, -0.15) is 0 Å². The van der Waals surface area contributed by atoms with Crippen LogP contribution in [0.1, 0.15) is 16.6 Å². The fourth-order valence-corrected chi connectivity index (χ4v) is 2.14. The number of ether oxygens (including phenoxy) is 1. The van der Waals surface area contributed by atoms with Gasteiger partial charge in [-0.25, -0.2) is 4.98 Å². The molecular formula is C10H14ClN3O3S. The summed E-state index contributed by atoms with van der Waals surface area (Å²) in [5, 5.41) is 6.14. The van der Waals surface area contributed by atoms with Crippen LogP contribution >= 0.6 is 23.7 Å². The molecule has 1 atom stereocenters. The first-order valence-corrected chi connectivity index (χ1v) is 6.07. The summed E-state index contributed by atoms with van der Waals surface area (Å²) in [5.74, 6) is -0.240. The van der Waals surface area contributed by atoms with E-state index >= 15 is 0 Å². The molecule has 0 bridgehead atoms. The molecule has 2 rings (SSSR count). The highest BCUT2D eigenvalue weighted by Crippen LogP contribution is 2.18. The number of nitrogens with zero attached hydrogens (tertiary/aromatic N) is 1. The van der Waals surface area contributed by atoms with Crippen molar-refractivity contribution < 1.29 is 14.3 Å². The summed E-state index contributed by atoms with van der Waals surface area (Å²) in [6, 6.07) is -0.353. The second-order valence-electron chi connectivity index (χ2n) is 3.66. The standard InChI is InChI=1S/C10H13N3O3S.ClH/c1-6(14)8-4-12-10(17-8)13-9(15)7-5-16-3-2-11-7;/h4,7,11H,2-3,5H2,1H3,(H,12,13,15);1H. The van der Waals surface area contributed by atoms with Gasteiger partial charge in [0.25, 0.3) is 0 Å². The molecule has 1 aliphatic heterocycles. The monoisotopic (exact) mass is 291 g/mol. The van der Waals surface area contributed by atoms with Gasteiger partial charge >= 0.3 is 0 Å². The minimum Gasteiger partial charge on any atom is -0.378 e. The maximum absolute atomic E-state index is 11.8. The molecule has 2 N–H and O–H groups in total. The van der Waals surface area contributed by atoms with Crippen molar-refractivity contribution in [3.8, 4) is 0 Å². The highest BCUT2D eigenvalue weighted by molar-refractivity contribution is 7.17. The summed E-state index contributed by atoms with van der Waals surface area (Å²) < 4.78 is 5.19. The lowest BCUT2D eigenvalue weighted by Gasteiger charge is -2.22. The Hall–Kier alpha value is -1.02. The number of hydrogen-bond donors (Lipinski definition) is 2. The minimum absolute atomic E-state index is 0. The molecule has 1 unspecified atom stereocenters. The van der Waals surface area contributed by atoms with E-state index in [2.05, 4.69) is 15.6 Å². The molecule has 0 radical (unpaired) electrons. The number of ketones is 1. The summed E-state index contributed by atoms with van der Waals surface area (Å²) >= 11 is 1.17. The molecule has 1 aromatic rings. The molecule has 8 heteroatoms. The maximum atomic E-state index is 11.8. The largest absolute Gasteiger partial charge is 0.378 e. The van der Waals surface area contributed by atoms with Gasteiger partial charge in [0.1, 0.15) is 6.04 Å². The normalized spacial score (nSPS) is 18.8. The van der Waals surface area contributed by atoms with Gasteiger partial charge in [0, 0.05) is 13.5 Å². The minimum atomic E-state index is -0.353. The Bertz CT molecular complexity index is 432. The van der Waals surface area contributed by atoms with Crippen LogP contribution in [0.2, 0.25) is 0 Å². The maximum Gasteiger partial charge on any atom is 0.245 e. The number of carbonyl (C=O) groups is 2. The number of amides is 1. The van der Waals surface area contributed by atoms with Gasteiger partial charge in [-0.1, -0.05) is 11.3 Å². The van der Waals surface area contributed by atoms with Crippen molar-refractivity contribution >= 4 is 40.6 Å². The van der Waals surface area contributed by atoms with Gasteiger partial charge in [0.15, 0.2) is 10.9 Å². The van der Waals surface area contributed by atoms with Crippen molar-refractivity contribution in [3.05, 3.63) is 11.1 Å². The number of halogens is 1. The number of nitrogens with one attached hydrogen (secondary N) is 2. The van der Waals surface area contributed by atoms with Crippen LogP contribution in [-0.4, -0.2) is 42.5 Å². The smallest absolute Gasteiger partial charge is 0.245 e. The SMILES string of the molecule is CC(=O)c1cnc(NC(=O)C2COCCN2)s1.Cl. The molecular weight excluding hydrogens is 278 g/mol. The van der Waals surface area contributed by atoms with E-state index in [0.717, 1.165) is 0 Å². The number of morpholine rings is 1. The third kappa shape index (κ3) is 3.74. The van der Waals surface area contributed by atoms with E-state index in [4.69, 9.17) is 4.74 Å². The lowest BCUT2D eigenvalue weighted by Crippen LogP contribution is -2.48. The van der Waals surface area contributed by atoms with E-state index in [1.54, 1.807) is 0 Å². The van der Waals surface area contributed by atoms with Crippen LogP contribution in [0.5, 0.6) is 0 Å². The van der Waals surface area contributed by atoms with Gasteiger partial charge in [0.05, 0.1) is 24.3 Å². The Balaban J connectivity index is 0.00000162. The first-order chi connectivity index (χ1) is 8.16. The topological polar surface area (TPSA) is 80.3 Å². The molecule has 1 aromatic heterocycles. The highest BCUT2D eigenvalue weighted by Gasteiger charge is 2.22. The van der Waals surface area contributed by atoms with Gasteiger partial charge in [-0.3, -0.25) is 9.59 Å². The van der Waals surface area contributed by atoms with Crippen LogP contribution in [0, 0.1) is 0 Å². The predicted molar refractivity (Wildman–Crippen MR) is 70.6 cm³/mol. The fraction of sp³-hybridized carbons (Fsp3) is 0.500. The van der Waals surface area contributed by atoms with Crippen LogP contribution in [0.15, 0.2) is 6.20 Å². The molecule has 0 aliphatic carbocycles. The average Bonchev–Trinajstić information content (AvgIpc) is 2.79. The Morgan fingerprint density at radius 1 is 1.61 bits per heavy atom. The second kappa shape index (κ2) is 6.79. The van der Waals surface area contributed by atoms with Crippen molar-refractivity contribution in [1.29, 1.82) is 0 Å². The number of carbonyl (C=O) groups excluding carboxylic acids is 2. The molecule has 0 spiro atoms. The molecule has 0 saturated carbocycles. The van der Waals surface area contributed by atoms with E-state index in [-0.39, 0.29) is 30.1 Å². The predicted octanol–water partition coefficient (Wildman–Crippen LogP) is 0.694. The number of aromatic nitrogens is 1. The van der Waals surface area contributed by atoms with Crippen LogP contribution in [0.25, 0.3) is 0 Å². The lowest BCUT2D eigenvalue weighted by atomic mass is 10.2. The van der Waals surface area contributed by atoms with Gasteiger partial charge < -0.3 is 15.4 Å². The van der Waals surface area contributed by atoms with E-state index < -0.39 is 0 Å². The number of rotatable bonds is 3. The molecule has 1 fully saturated rings. The number of hydrogen-bond acceptors (Lipinski definition) is 6. The fourth-order valence-electron chi connectivity index (χ4n) is 1.42. The third-order valence-corrected chi connectivity index (χ3v) is 3.33. The summed E-state index contributed by atoms with van der Waals surface area (Å²) in [7, 11) is 0. The second-order valence-corrected chi connectivity index (χ2v) is 4.69. The first-order valence-electron chi connectivity index (χ1n) is 5.25. The van der Waals surface area contributed by atoms with Gasteiger partial charge in [-0.15, -0.1) is 12.4 Å². The number of thiazole rings is 1. The summed E-state index contributed by atoms with van der Waals surface area (Å²) in [6.45, 7) is 3.11. The molecule has 18 heavy (non-hydrogen) atoms. The molecule has 1 saturated heterocycles. The van der Waals surface area contributed by atoms with Crippen LogP contribution in [0.3, 0.4) is 0 Å². The average molecular weight is 292 g/mol. The first kappa shape index (κ1) is 15.0. The lowest BCUT2D eigenvalue weighted by molar-refractivity contribution is -0.120. The van der Waals surface area contributed by atoms with Crippen LogP contribution in [0.4, 0.5) is 5.13 Å². The Labute approximate surface area is 115 Å². The van der Waals surface area contributed by atoms with Gasteiger partial charge in [0.2, 0.25) is 5.91 Å². The number of Topliss-reactive ketones (excluding diaryl/α,β-unsaturated/α-hetero) is 1. The van der Waals surface area contributed by atoms with Crippen LogP contribution < -0.4 is 10.6 Å². The molecule has 100 valence electrons. The molecule has 1 amide bonds. The number of anilines is 1. The van der Waals surface area contributed by atoms with E-state index in [1.807, 2.05) is 0 Å².